The van der Waals surface area contributed by atoms with Gasteiger partial charge in [0, 0.05) is 31.2 Å². The van der Waals surface area contributed by atoms with Crippen LogP contribution < -0.4 is 4.72 Å². The van der Waals surface area contributed by atoms with E-state index in [1.807, 2.05) is 18.3 Å². The van der Waals surface area contributed by atoms with Crippen molar-refractivity contribution in [2.45, 2.75) is 0 Å². The Morgan fingerprint density at radius 1 is 1.25 bits per heavy atom. The molecule has 0 unspecified atom stereocenters. The average molecular weight is 239 g/mol. The summed E-state index contributed by atoms with van der Waals surface area (Å²) < 4.78 is 26.8. The summed E-state index contributed by atoms with van der Waals surface area (Å²) >= 11 is 0. The Kier molecular flexibility index (Phi) is 2.61. The van der Waals surface area contributed by atoms with Crippen molar-refractivity contribution in [3.05, 3.63) is 30.5 Å². The molecule has 2 aromatic rings. The van der Waals surface area contributed by atoms with Gasteiger partial charge in [0.05, 0.1) is 5.69 Å². The Balaban J connectivity index is 2.34. The van der Waals surface area contributed by atoms with Gasteiger partial charge in [-0.15, -0.1) is 0 Å². The van der Waals surface area contributed by atoms with Crippen molar-refractivity contribution in [2.24, 2.45) is 0 Å². The third-order valence-corrected chi connectivity index (χ3v) is 3.74. The fraction of sp³-hybridized carbons (Fsp3) is 0.200. The second-order valence-corrected chi connectivity index (χ2v) is 5.55. The first-order chi connectivity index (χ1) is 7.49. The standard InChI is InChI=1S/C10H13N3O2S/c1-13(2)16(14,15)12-9-3-4-10-8(7-9)5-6-11-10/h3-7,11-12H,1-2H3. The van der Waals surface area contributed by atoms with Crippen LogP contribution in [-0.2, 0) is 10.2 Å². The first-order valence-electron chi connectivity index (χ1n) is 4.76. The molecule has 6 heteroatoms. The number of aromatic nitrogens is 1. The summed E-state index contributed by atoms with van der Waals surface area (Å²) in [7, 11) is -0.463. The minimum Gasteiger partial charge on any atom is -0.361 e. The zero-order valence-electron chi connectivity index (χ0n) is 9.06. The highest BCUT2D eigenvalue weighted by molar-refractivity contribution is 7.90. The molecule has 0 aliphatic carbocycles. The van der Waals surface area contributed by atoms with Crippen LogP contribution in [0.4, 0.5) is 5.69 Å². The summed E-state index contributed by atoms with van der Waals surface area (Å²) in [6.45, 7) is 0. The van der Waals surface area contributed by atoms with E-state index in [0.717, 1.165) is 15.2 Å². The van der Waals surface area contributed by atoms with Crippen LogP contribution in [0.5, 0.6) is 0 Å². The minimum atomic E-state index is -3.43. The molecular weight excluding hydrogens is 226 g/mol. The summed E-state index contributed by atoms with van der Waals surface area (Å²) in [5, 5.41) is 0.971. The van der Waals surface area contributed by atoms with Crippen molar-refractivity contribution in [1.29, 1.82) is 0 Å². The largest absolute Gasteiger partial charge is 0.361 e. The van der Waals surface area contributed by atoms with Crippen LogP contribution in [0.3, 0.4) is 0 Å². The number of fused-ring (bicyclic) bond motifs is 1. The SMILES string of the molecule is CN(C)S(=O)(=O)Nc1ccc2[nH]ccc2c1. The van der Waals surface area contributed by atoms with Gasteiger partial charge in [0.25, 0.3) is 0 Å². The Bertz CT molecular complexity index is 601. The highest BCUT2D eigenvalue weighted by Crippen LogP contribution is 2.18. The van der Waals surface area contributed by atoms with Gasteiger partial charge in [0.1, 0.15) is 0 Å². The zero-order chi connectivity index (χ0) is 11.8. The van der Waals surface area contributed by atoms with Crippen LogP contribution in [-0.4, -0.2) is 31.8 Å². The second-order valence-electron chi connectivity index (χ2n) is 3.67. The number of nitrogens with zero attached hydrogens (tertiary/aromatic N) is 1. The van der Waals surface area contributed by atoms with Crippen LogP contribution in [0.2, 0.25) is 0 Å². The molecule has 2 rings (SSSR count). The zero-order valence-corrected chi connectivity index (χ0v) is 9.88. The van der Waals surface area contributed by atoms with E-state index in [1.165, 1.54) is 14.1 Å². The molecule has 0 aliphatic heterocycles. The molecule has 0 saturated carbocycles. The van der Waals surface area contributed by atoms with E-state index >= 15 is 0 Å². The van der Waals surface area contributed by atoms with Crippen LogP contribution in [0.1, 0.15) is 0 Å². The van der Waals surface area contributed by atoms with Crippen molar-refractivity contribution in [1.82, 2.24) is 9.29 Å². The van der Waals surface area contributed by atoms with Crippen molar-refractivity contribution in [3.63, 3.8) is 0 Å². The topological polar surface area (TPSA) is 65.2 Å². The Hall–Kier alpha value is -1.53. The summed E-state index contributed by atoms with van der Waals surface area (Å²) in [5.74, 6) is 0. The first kappa shape index (κ1) is 11.0. The third kappa shape index (κ3) is 2.02. The van der Waals surface area contributed by atoms with Gasteiger partial charge in [-0.3, -0.25) is 4.72 Å². The van der Waals surface area contributed by atoms with E-state index < -0.39 is 10.2 Å². The third-order valence-electron chi connectivity index (χ3n) is 2.28. The summed E-state index contributed by atoms with van der Waals surface area (Å²) in [4.78, 5) is 3.04. The molecule has 0 spiro atoms. The number of H-pyrrole nitrogens is 1. The van der Waals surface area contributed by atoms with Gasteiger partial charge in [-0.2, -0.15) is 12.7 Å². The lowest BCUT2D eigenvalue weighted by molar-refractivity contribution is 0.527. The van der Waals surface area contributed by atoms with Crippen molar-refractivity contribution < 1.29 is 8.42 Å². The Morgan fingerprint density at radius 2 is 2.00 bits per heavy atom. The fourth-order valence-electron chi connectivity index (χ4n) is 1.36. The number of benzene rings is 1. The van der Waals surface area contributed by atoms with E-state index in [4.69, 9.17) is 0 Å². The average Bonchev–Trinajstić information content (AvgIpc) is 2.63. The molecule has 2 N–H and O–H groups in total. The maximum absolute atomic E-state index is 11.6. The Labute approximate surface area is 94.3 Å². The van der Waals surface area contributed by atoms with Gasteiger partial charge in [-0.05, 0) is 24.3 Å². The quantitative estimate of drug-likeness (QED) is 0.850. The van der Waals surface area contributed by atoms with Gasteiger partial charge in [0.2, 0.25) is 0 Å². The van der Waals surface area contributed by atoms with E-state index in [1.54, 1.807) is 12.1 Å². The van der Waals surface area contributed by atoms with Crippen LogP contribution >= 0.6 is 0 Å². The number of aromatic amines is 1. The van der Waals surface area contributed by atoms with Gasteiger partial charge in [0.15, 0.2) is 0 Å². The lowest BCUT2D eigenvalue weighted by atomic mass is 10.2. The molecule has 1 aromatic carbocycles. The van der Waals surface area contributed by atoms with Gasteiger partial charge in [-0.1, -0.05) is 0 Å². The molecule has 1 aromatic heterocycles. The molecule has 5 nitrogen and oxygen atoms in total. The van der Waals surface area contributed by atoms with Gasteiger partial charge >= 0.3 is 10.2 Å². The first-order valence-corrected chi connectivity index (χ1v) is 6.20. The van der Waals surface area contributed by atoms with Crippen LogP contribution in [0.25, 0.3) is 10.9 Å². The lowest BCUT2D eigenvalue weighted by Gasteiger charge is -2.13. The second kappa shape index (κ2) is 3.80. The molecular formula is C10H13N3O2S. The summed E-state index contributed by atoms with van der Waals surface area (Å²) in [6.07, 6.45) is 1.81. The molecule has 0 saturated heterocycles. The van der Waals surface area contributed by atoms with Crippen LogP contribution in [0.15, 0.2) is 30.5 Å². The van der Waals surface area contributed by atoms with E-state index in [0.29, 0.717) is 5.69 Å². The van der Waals surface area contributed by atoms with Gasteiger partial charge in [-0.25, -0.2) is 0 Å². The molecule has 1 heterocycles. The number of rotatable bonds is 3. The molecule has 0 atom stereocenters. The molecule has 86 valence electrons. The van der Waals surface area contributed by atoms with E-state index in [9.17, 15) is 8.42 Å². The highest BCUT2D eigenvalue weighted by atomic mass is 32.2. The fourth-order valence-corrected chi connectivity index (χ4v) is 1.96. The van der Waals surface area contributed by atoms with E-state index in [2.05, 4.69) is 9.71 Å². The molecule has 16 heavy (non-hydrogen) atoms. The van der Waals surface area contributed by atoms with Crippen molar-refractivity contribution in [3.8, 4) is 0 Å². The molecule has 0 amide bonds. The number of hydrogen-bond acceptors (Lipinski definition) is 2. The highest BCUT2D eigenvalue weighted by Gasteiger charge is 2.12. The number of anilines is 1. The maximum Gasteiger partial charge on any atom is 0.301 e. The van der Waals surface area contributed by atoms with E-state index in [-0.39, 0.29) is 0 Å². The molecule has 0 bridgehead atoms. The lowest BCUT2D eigenvalue weighted by Crippen LogP contribution is -2.28. The number of hydrogen-bond donors (Lipinski definition) is 2. The van der Waals surface area contributed by atoms with Gasteiger partial charge < -0.3 is 4.98 Å². The van der Waals surface area contributed by atoms with Crippen molar-refractivity contribution >= 4 is 26.8 Å². The number of nitrogens with one attached hydrogen (secondary N) is 2. The summed E-state index contributed by atoms with van der Waals surface area (Å²) in [6, 6.07) is 7.23. The van der Waals surface area contributed by atoms with Crippen molar-refractivity contribution in [2.75, 3.05) is 18.8 Å². The smallest absolute Gasteiger partial charge is 0.301 e. The summed E-state index contributed by atoms with van der Waals surface area (Å²) in [5.41, 5.74) is 1.54. The maximum atomic E-state index is 11.6. The minimum absolute atomic E-state index is 0.556. The van der Waals surface area contributed by atoms with Crippen LogP contribution in [0, 0.1) is 0 Å². The molecule has 0 fully saturated rings. The Morgan fingerprint density at radius 3 is 2.69 bits per heavy atom. The molecule has 0 radical (unpaired) electrons. The monoisotopic (exact) mass is 239 g/mol. The normalized spacial score (nSPS) is 12.2. The predicted octanol–water partition coefficient (Wildman–Crippen LogP) is 1.39. The predicted molar refractivity (Wildman–Crippen MR) is 64.5 cm³/mol. The molecule has 0 aliphatic rings.